The third kappa shape index (κ3) is 2.42. The maximum absolute atomic E-state index is 11.0. The fourth-order valence-electron chi connectivity index (χ4n) is 0.803. The first-order chi connectivity index (χ1) is 5.20. The summed E-state index contributed by atoms with van der Waals surface area (Å²) in [6.45, 7) is 5.54. The third-order valence-corrected chi connectivity index (χ3v) is 1.71. The molecule has 0 aromatic rings. The first-order valence-electron chi connectivity index (χ1n) is 3.56. The molecule has 1 aliphatic rings. The van der Waals surface area contributed by atoms with Gasteiger partial charge in [0.15, 0.2) is 0 Å². The summed E-state index contributed by atoms with van der Waals surface area (Å²) in [6, 6.07) is -0.0435. The lowest BCUT2D eigenvalue weighted by molar-refractivity contribution is 0.168. The number of halogens is 1. The van der Waals surface area contributed by atoms with Crippen molar-refractivity contribution in [1.29, 1.82) is 0 Å². The van der Waals surface area contributed by atoms with E-state index < -0.39 is 0 Å². The quantitative estimate of drug-likeness (QED) is 0.670. The van der Waals surface area contributed by atoms with Gasteiger partial charge < -0.3 is 10.2 Å². The molecule has 1 heterocycles. The van der Waals surface area contributed by atoms with Crippen LogP contribution in [0.2, 0.25) is 0 Å². The number of hydrogen-bond acceptors (Lipinski definition) is 1. The highest BCUT2D eigenvalue weighted by Gasteiger charge is 2.19. The Morgan fingerprint density at radius 2 is 2.27 bits per heavy atom. The smallest absolute Gasteiger partial charge is 0.317 e. The highest BCUT2D eigenvalue weighted by atomic mass is 35.5. The normalized spacial score (nSPS) is 15.5. The zero-order valence-electron chi connectivity index (χ0n) is 6.27. The van der Waals surface area contributed by atoms with Gasteiger partial charge in [-0.2, -0.15) is 0 Å². The van der Waals surface area contributed by atoms with Crippen molar-refractivity contribution in [3.63, 3.8) is 0 Å². The summed E-state index contributed by atoms with van der Waals surface area (Å²) in [5.74, 6) is 0. The first kappa shape index (κ1) is 8.40. The molecule has 0 bridgehead atoms. The van der Waals surface area contributed by atoms with E-state index in [2.05, 4.69) is 11.9 Å². The SMILES string of the molecule is C=C(Cl)CNC(=O)N1CCC1. The number of nitrogens with zero attached hydrogens (tertiary/aromatic N) is 1. The van der Waals surface area contributed by atoms with E-state index in [9.17, 15) is 4.79 Å². The summed E-state index contributed by atoms with van der Waals surface area (Å²) in [5.41, 5.74) is 0. The zero-order valence-corrected chi connectivity index (χ0v) is 7.02. The number of urea groups is 1. The van der Waals surface area contributed by atoms with Crippen LogP contribution in [0.5, 0.6) is 0 Å². The Kier molecular flexibility index (Phi) is 2.76. The lowest BCUT2D eigenvalue weighted by atomic mass is 10.2. The number of amides is 2. The van der Waals surface area contributed by atoms with Gasteiger partial charge in [0.1, 0.15) is 0 Å². The molecule has 3 nitrogen and oxygen atoms in total. The molecular formula is C7H11ClN2O. The fourth-order valence-corrected chi connectivity index (χ4v) is 0.869. The van der Waals surface area contributed by atoms with Crippen molar-refractivity contribution in [3.05, 3.63) is 11.6 Å². The molecule has 0 aromatic heterocycles. The van der Waals surface area contributed by atoms with Crippen LogP contribution >= 0.6 is 11.6 Å². The summed E-state index contributed by atoms with van der Waals surface area (Å²) in [7, 11) is 0. The predicted molar refractivity (Wildman–Crippen MR) is 44.6 cm³/mol. The largest absolute Gasteiger partial charge is 0.333 e. The van der Waals surface area contributed by atoms with E-state index in [4.69, 9.17) is 11.6 Å². The van der Waals surface area contributed by atoms with Crippen LogP contribution in [0.3, 0.4) is 0 Å². The van der Waals surface area contributed by atoms with Gasteiger partial charge in [-0.25, -0.2) is 4.79 Å². The Bertz CT molecular complexity index is 177. The highest BCUT2D eigenvalue weighted by Crippen LogP contribution is 2.05. The van der Waals surface area contributed by atoms with Crippen molar-refractivity contribution >= 4 is 17.6 Å². The van der Waals surface area contributed by atoms with Gasteiger partial charge in [-0.1, -0.05) is 18.2 Å². The minimum absolute atomic E-state index is 0.0435. The van der Waals surface area contributed by atoms with E-state index in [1.165, 1.54) is 0 Å². The van der Waals surface area contributed by atoms with Gasteiger partial charge >= 0.3 is 6.03 Å². The standard InChI is InChI=1S/C7H11ClN2O/c1-6(8)5-9-7(11)10-3-2-4-10/h1-5H2,(H,9,11). The Morgan fingerprint density at radius 3 is 2.64 bits per heavy atom. The summed E-state index contributed by atoms with van der Waals surface area (Å²) in [5, 5.41) is 3.10. The summed E-state index contributed by atoms with van der Waals surface area (Å²) < 4.78 is 0. The fraction of sp³-hybridized carbons (Fsp3) is 0.571. The summed E-state index contributed by atoms with van der Waals surface area (Å²) >= 11 is 5.46. The maximum atomic E-state index is 11.0. The number of likely N-dealkylation sites (tertiary alicyclic amines) is 1. The van der Waals surface area contributed by atoms with Crippen molar-refractivity contribution in [3.8, 4) is 0 Å². The second kappa shape index (κ2) is 3.62. The minimum Gasteiger partial charge on any atom is -0.333 e. The molecule has 4 heteroatoms. The zero-order chi connectivity index (χ0) is 8.27. The highest BCUT2D eigenvalue weighted by molar-refractivity contribution is 6.29. The van der Waals surface area contributed by atoms with Crippen LogP contribution in [0.15, 0.2) is 11.6 Å². The number of rotatable bonds is 2. The molecule has 0 atom stereocenters. The molecule has 0 spiro atoms. The maximum Gasteiger partial charge on any atom is 0.317 e. The topological polar surface area (TPSA) is 32.3 Å². The molecule has 0 radical (unpaired) electrons. The van der Waals surface area contributed by atoms with Gasteiger partial charge in [0.05, 0.1) is 6.54 Å². The van der Waals surface area contributed by atoms with Gasteiger partial charge in [0, 0.05) is 18.1 Å². The Morgan fingerprint density at radius 1 is 1.64 bits per heavy atom. The molecule has 0 saturated carbocycles. The molecule has 0 unspecified atom stereocenters. The second-order valence-corrected chi connectivity index (χ2v) is 3.05. The molecule has 1 aliphatic heterocycles. The van der Waals surface area contributed by atoms with Gasteiger partial charge in [-0.3, -0.25) is 0 Å². The van der Waals surface area contributed by atoms with E-state index in [1.807, 2.05) is 0 Å². The number of nitrogens with one attached hydrogen (secondary N) is 1. The first-order valence-corrected chi connectivity index (χ1v) is 3.94. The molecule has 11 heavy (non-hydrogen) atoms. The molecule has 1 fully saturated rings. The van der Waals surface area contributed by atoms with Gasteiger partial charge in [0.2, 0.25) is 0 Å². The molecule has 1 saturated heterocycles. The Labute approximate surface area is 71.0 Å². The Hall–Kier alpha value is -0.700. The van der Waals surface area contributed by atoms with Gasteiger partial charge in [0.25, 0.3) is 0 Å². The van der Waals surface area contributed by atoms with E-state index in [0.29, 0.717) is 11.6 Å². The van der Waals surface area contributed by atoms with E-state index in [-0.39, 0.29) is 6.03 Å². The minimum atomic E-state index is -0.0435. The van der Waals surface area contributed by atoms with Crippen LogP contribution < -0.4 is 5.32 Å². The lowest BCUT2D eigenvalue weighted by Crippen LogP contribution is -2.47. The molecule has 1 rings (SSSR count). The second-order valence-electron chi connectivity index (χ2n) is 2.52. The van der Waals surface area contributed by atoms with Crippen molar-refractivity contribution in [2.45, 2.75) is 6.42 Å². The average Bonchev–Trinajstić information content (AvgIpc) is 1.79. The van der Waals surface area contributed by atoms with Gasteiger partial charge in [-0.15, -0.1) is 0 Å². The summed E-state index contributed by atoms with van der Waals surface area (Å²) in [6.07, 6.45) is 1.11. The molecule has 1 N–H and O–H groups in total. The molecule has 62 valence electrons. The molecular weight excluding hydrogens is 164 g/mol. The summed E-state index contributed by atoms with van der Waals surface area (Å²) in [4.78, 5) is 12.8. The van der Waals surface area contributed by atoms with Crippen LogP contribution in [0.25, 0.3) is 0 Å². The van der Waals surface area contributed by atoms with Crippen LogP contribution in [-0.2, 0) is 0 Å². The van der Waals surface area contributed by atoms with E-state index in [1.54, 1.807) is 4.90 Å². The van der Waals surface area contributed by atoms with Crippen molar-refractivity contribution in [2.24, 2.45) is 0 Å². The molecule has 2 amide bonds. The number of hydrogen-bond donors (Lipinski definition) is 1. The van der Waals surface area contributed by atoms with Crippen molar-refractivity contribution in [2.75, 3.05) is 19.6 Å². The van der Waals surface area contributed by atoms with Crippen molar-refractivity contribution in [1.82, 2.24) is 10.2 Å². The van der Waals surface area contributed by atoms with Crippen LogP contribution in [0.4, 0.5) is 4.79 Å². The van der Waals surface area contributed by atoms with Gasteiger partial charge in [-0.05, 0) is 6.42 Å². The number of carbonyl (C=O) groups excluding carboxylic acids is 1. The number of carbonyl (C=O) groups is 1. The van der Waals surface area contributed by atoms with Crippen molar-refractivity contribution < 1.29 is 4.79 Å². The average molecular weight is 175 g/mol. The van der Waals surface area contributed by atoms with Crippen LogP contribution in [0, 0.1) is 0 Å². The van der Waals surface area contributed by atoms with Crippen LogP contribution in [-0.4, -0.2) is 30.6 Å². The van der Waals surface area contributed by atoms with E-state index in [0.717, 1.165) is 19.5 Å². The predicted octanol–water partition coefficient (Wildman–Crippen LogP) is 1.15. The van der Waals surface area contributed by atoms with E-state index >= 15 is 0 Å². The van der Waals surface area contributed by atoms with Crippen LogP contribution in [0.1, 0.15) is 6.42 Å². The third-order valence-electron chi connectivity index (χ3n) is 1.57. The lowest BCUT2D eigenvalue weighted by Gasteiger charge is -2.30. The Balaban J connectivity index is 2.15. The molecule has 0 aromatic carbocycles. The molecule has 0 aliphatic carbocycles. The monoisotopic (exact) mass is 174 g/mol.